The highest BCUT2D eigenvalue weighted by atomic mass is 16.5. The maximum absolute atomic E-state index is 5.83. The predicted octanol–water partition coefficient (Wildman–Crippen LogP) is 4.60. The van der Waals surface area contributed by atoms with E-state index in [1.54, 1.807) is 6.20 Å². The van der Waals surface area contributed by atoms with E-state index in [1.807, 2.05) is 60.7 Å². The third-order valence-corrected chi connectivity index (χ3v) is 3.94. The Morgan fingerprint density at radius 3 is 2.73 bits per heavy atom. The van der Waals surface area contributed by atoms with Gasteiger partial charge in [0.2, 0.25) is 5.95 Å². The van der Waals surface area contributed by atoms with Crippen molar-refractivity contribution in [1.82, 2.24) is 9.97 Å². The molecule has 0 amide bonds. The number of hydrogen-bond acceptors (Lipinski definition) is 5. The molecule has 6 bridgehead atoms. The van der Waals surface area contributed by atoms with Crippen molar-refractivity contribution in [2.45, 2.75) is 6.42 Å². The van der Waals surface area contributed by atoms with Gasteiger partial charge in [-0.2, -0.15) is 0 Å². The molecule has 26 heavy (non-hydrogen) atoms. The van der Waals surface area contributed by atoms with Crippen molar-refractivity contribution in [1.29, 1.82) is 0 Å². The highest BCUT2D eigenvalue weighted by Crippen LogP contribution is 2.25. The largest absolute Gasteiger partial charge is 0.493 e. The number of benzene rings is 2. The molecule has 0 aliphatic carbocycles. The minimum atomic E-state index is 0.519. The fourth-order valence-corrected chi connectivity index (χ4v) is 2.69. The van der Waals surface area contributed by atoms with Crippen LogP contribution < -0.4 is 14.8 Å². The van der Waals surface area contributed by atoms with Gasteiger partial charge in [0.25, 0.3) is 0 Å². The number of nitrogens with zero attached hydrogens (tertiary/aromatic N) is 2. The van der Waals surface area contributed by atoms with Gasteiger partial charge in [0.15, 0.2) is 0 Å². The summed E-state index contributed by atoms with van der Waals surface area (Å²) in [5, 5.41) is 3.23. The Kier molecular flexibility index (Phi) is 4.78. The molecule has 0 spiro atoms. The molecule has 0 atom stereocenters. The van der Waals surface area contributed by atoms with Crippen LogP contribution in [0.3, 0.4) is 0 Å². The third kappa shape index (κ3) is 4.00. The maximum Gasteiger partial charge on any atom is 0.227 e. The molecule has 0 saturated carbocycles. The molecule has 1 aliphatic rings. The van der Waals surface area contributed by atoms with Crippen LogP contribution in [-0.2, 0) is 0 Å². The zero-order valence-corrected chi connectivity index (χ0v) is 14.3. The summed E-state index contributed by atoms with van der Waals surface area (Å²) < 4.78 is 11.6. The van der Waals surface area contributed by atoms with Gasteiger partial charge in [-0.05, 0) is 36.8 Å². The minimum absolute atomic E-state index is 0.519. The molecule has 0 unspecified atom stereocenters. The lowest BCUT2D eigenvalue weighted by atomic mass is 10.1. The van der Waals surface area contributed by atoms with Crippen molar-refractivity contribution in [2.75, 3.05) is 18.5 Å². The molecule has 1 N–H and O–H groups in total. The van der Waals surface area contributed by atoms with E-state index in [-0.39, 0.29) is 0 Å². The first-order valence-corrected chi connectivity index (χ1v) is 8.58. The number of hydrogen-bond donors (Lipinski definition) is 1. The molecule has 5 heteroatoms. The van der Waals surface area contributed by atoms with Gasteiger partial charge in [-0.15, -0.1) is 0 Å². The minimum Gasteiger partial charge on any atom is -0.493 e. The fraction of sp³-hybridized carbons (Fsp3) is 0.143. The second-order valence-electron chi connectivity index (χ2n) is 5.87. The third-order valence-electron chi connectivity index (χ3n) is 3.94. The van der Waals surface area contributed by atoms with E-state index in [0.29, 0.717) is 19.2 Å². The molecule has 5 nitrogen and oxygen atoms in total. The Labute approximate surface area is 152 Å². The van der Waals surface area contributed by atoms with Gasteiger partial charge in [-0.3, -0.25) is 0 Å². The summed E-state index contributed by atoms with van der Waals surface area (Å²) in [4.78, 5) is 8.93. The van der Waals surface area contributed by atoms with Crippen molar-refractivity contribution >= 4 is 11.6 Å². The summed E-state index contributed by atoms with van der Waals surface area (Å²) in [6.45, 7) is 1.14. The van der Waals surface area contributed by atoms with Crippen LogP contribution in [0.25, 0.3) is 11.3 Å². The van der Waals surface area contributed by atoms with Crippen molar-refractivity contribution < 1.29 is 9.47 Å². The lowest BCUT2D eigenvalue weighted by Crippen LogP contribution is -1.99. The van der Waals surface area contributed by atoms with Gasteiger partial charge in [0.1, 0.15) is 18.1 Å². The van der Waals surface area contributed by atoms with Crippen molar-refractivity contribution in [3.63, 3.8) is 0 Å². The van der Waals surface area contributed by atoms with Crippen molar-refractivity contribution in [2.24, 2.45) is 0 Å². The van der Waals surface area contributed by atoms with Gasteiger partial charge in [0, 0.05) is 23.5 Å². The molecule has 0 saturated heterocycles. The zero-order valence-electron chi connectivity index (χ0n) is 14.3. The zero-order chi connectivity index (χ0) is 17.6. The molecule has 130 valence electrons. The Hall–Kier alpha value is -3.34. The van der Waals surface area contributed by atoms with E-state index in [0.717, 1.165) is 34.9 Å². The Morgan fingerprint density at radius 2 is 1.77 bits per heavy atom. The highest BCUT2D eigenvalue weighted by molar-refractivity contribution is 5.63. The van der Waals surface area contributed by atoms with E-state index in [2.05, 4.69) is 21.4 Å². The van der Waals surface area contributed by atoms with Crippen LogP contribution in [0, 0.1) is 0 Å². The second-order valence-corrected chi connectivity index (χ2v) is 5.87. The Morgan fingerprint density at radius 1 is 0.885 bits per heavy atom. The summed E-state index contributed by atoms with van der Waals surface area (Å²) in [5.41, 5.74) is 2.71. The molecule has 2 aromatic carbocycles. The highest BCUT2D eigenvalue weighted by Gasteiger charge is 2.05. The van der Waals surface area contributed by atoms with Gasteiger partial charge in [0.05, 0.1) is 12.3 Å². The van der Waals surface area contributed by atoms with E-state index in [4.69, 9.17) is 9.47 Å². The van der Waals surface area contributed by atoms with Gasteiger partial charge in [-0.25, -0.2) is 9.97 Å². The average molecular weight is 345 g/mol. The number of fused-ring (bicyclic) bond motifs is 7. The average Bonchev–Trinajstić information content (AvgIpc) is 2.67. The first kappa shape index (κ1) is 16.1. The molecule has 0 fully saturated rings. The number of anilines is 2. The van der Waals surface area contributed by atoms with Gasteiger partial charge in [-0.1, -0.05) is 30.4 Å². The van der Waals surface area contributed by atoms with Crippen LogP contribution in [0.4, 0.5) is 11.6 Å². The monoisotopic (exact) mass is 345 g/mol. The molecule has 0 radical (unpaired) electrons. The van der Waals surface area contributed by atoms with Crippen molar-refractivity contribution in [3.8, 4) is 22.8 Å². The molecule has 4 rings (SSSR count). The van der Waals surface area contributed by atoms with Crippen LogP contribution in [0.1, 0.15) is 6.42 Å². The van der Waals surface area contributed by atoms with E-state index in [1.165, 1.54) is 0 Å². The molecule has 1 aliphatic heterocycles. The molecule has 1 aromatic heterocycles. The van der Waals surface area contributed by atoms with E-state index in [9.17, 15) is 0 Å². The summed E-state index contributed by atoms with van der Waals surface area (Å²) in [7, 11) is 0. The van der Waals surface area contributed by atoms with Crippen molar-refractivity contribution in [3.05, 3.63) is 72.9 Å². The quantitative estimate of drug-likeness (QED) is 0.603. The van der Waals surface area contributed by atoms with Gasteiger partial charge >= 0.3 is 0 Å². The van der Waals surface area contributed by atoms with Crippen LogP contribution in [0.15, 0.2) is 72.9 Å². The van der Waals surface area contributed by atoms with Crippen LogP contribution in [0.5, 0.6) is 11.5 Å². The van der Waals surface area contributed by atoms with Crippen LogP contribution in [-0.4, -0.2) is 23.2 Å². The lowest BCUT2D eigenvalue weighted by Gasteiger charge is -2.09. The first-order valence-electron chi connectivity index (χ1n) is 8.58. The SMILES string of the molecule is C1=CCOc2cccc(c2)Nc2nccc(n2)-c2cccc(c2)OCC1. The van der Waals surface area contributed by atoms with Crippen LogP contribution in [0.2, 0.25) is 0 Å². The smallest absolute Gasteiger partial charge is 0.227 e. The number of ether oxygens (including phenoxy) is 2. The number of nitrogens with one attached hydrogen (secondary N) is 1. The number of aromatic nitrogens is 2. The molecular formula is C21H19N3O2. The summed E-state index contributed by atoms with van der Waals surface area (Å²) in [5.74, 6) is 2.16. The molecular weight excluding hydrogens is 326 g/mol. The second kappa shape index (κ2) is 7.70. The Bertz CT molecular complexity index is 924. The molecule has 2 heterocycles. The maximum atomic E-state index is 5.83. The normalized spacial score (nSPS) is 13.7. The first-order chi connectivity index (χ1) is 12.9. The molecule has 3 aromatic rings. The standard InChI is InChI=1S/C21H19N3O2/c1-2-12-25-18-8-4-6-16(14-18)20-10-11-22-21(24-20)23-17-7-5-9-19(15-17)26-13-3-1/h1,3-11,14-15H,2,12-13H2,(H,22,23,24). The summed E-state index contributed by atoms with van der Waals surface area (Å²) >= 11 is 0. The topological polar surface area (TPSA) is 56.3 Å². The fourth-order valence-electron chi connectivity index (χ4n) is 2.69. The summed E-state index contributed by atoms with van der Waals surface area (Å²) in [6, 6.07) is 17.6. The predicted molar refractivity (Wildman–Crippen MR) is 102 cm³/mol. The lowest BCUT2D eigenvalue weighted by molar-refractivity contribution is 0.324. The summed E-state index contributed by atoms with van der Waals surface area (Å²) in [6.07, 6.45) is 6.65. The van der Waals surface area contributed by atoms with E-state index < -0.39 is 0 Å². The Balaban J connectivity index is 1.69. The number of rotatable bonds is 0. The van der Waals surface area contributed by atoms with Crippen LogP contribution >= 0.6 is 0 Å². The van der Waals surface area contributed by atoms with E-state index >= 15 is 0 Å². The van der Waals surface area contributed by atoms with Gasteiger partial charge < -0.3 is 14.8 Å².